The highest BCUT2D eigenvalue weighted by Gasteiger charge is 2.30. The minimum Gasteiger partial charge on any atom is -0.481 e. The molecular weight excluding hydrogens is 465 g/mol. The van der Waals surface area contributed by atoms with Crippen molar-refractivity contribution in [2.24, 2.45) is 5.92 Å². The van der Waals surface area contributed by atoms with Crippen LogP contribution in [0.1, 0.15) is 48.4 Å². The molecule has 0 saturated heterocycles. The molecule has 0 heterocycles. The topological polar surface area (TPSA) is 49.3 Å². The maximum atomic E-state index is 13.6. The van der Waals surface area contributed by atoms with Gasteiger partial charge < -0.3 is 10.4 Å². The Morgan fingerprint density at radius 1 is 0.914 bits per heavy atom. The van der Waals surface area contributed by atoms with Gasteiger partial charge in [-0.15, -0.1) is 0 Å². The molecule has 0 fully saturated rings. The first-order valence-corrected chi connectivity index (χ1v) is 11.1. The normalized spacial score (nSPS) is 12.6. The summed E-state index contributed by atoms with van der Waals surface area (Å²) in [5.41, 5.74) is 1.99. The number of aliphatic carboxylic acids is 1. The van der Waals surface area contributed by atoms with Crippen molar-refractivity contribution < 1.29 is 31.9 Å². The third-order valence-electron chi connectivity index (χ3n) is 5.66. The number of rotatable bonds is 9. The molecule has 1 atom stereocenters. The largest absolute Gasteiger partial charge is 0.481 e. The fourth-order valence-electron chi connectivity index (χ4n) is 3.89. The molecule has 0 spiro atoms. The molecular formula is C27H26F5NO2. The van der Waals surface area contributed by atoms with E-state index in [1.807, 2.05) is 13.8 Å². The molecule has 186 valence electrons. The zero-order valence-electron chi connectivity index (χ0n) is 19.3. The van der Waals surface area contributed by atoms with Crippen LogP contribution in [-0.2, 0) is 24.3 Å². The number of alkyl halides is 5. The minimum absolute atomic E-state index is 0.0709. The van der Waals surface area contributed by atoms with Crippen LogP contribution in [0.4, 0.5) is 33.3 Å². The average Bonchev–Trinajstić information content (AvgIpc) is 2.81. The lowest BCUT2D eigenvalue weighted by atomic mass is 9.88. The second-order valence-corrected chi connectivity index (χ2v) is 8.82. The van der Waals surface area contributed by atoms with Gasteiger partial charge in [0.25, 0.3) is 0 Å². The lowest BCUT2D eigenvalue weighted by molar-refractivity contribution is -0.139. The van der Waals surface area contributed by atoms with Gasteiger partial charge in [0, 0.05) is 16.9 Å². The van der Waals surface area contributed by atoms with E-state index in [4.69, 9.17) is 0 Å². The van der Waals surface area contributed by atoms with Gasteiger partial charge in [-0.2, -0.15) is 13.2 Å². The first kappa shape index (κ1) is 26.2. The van der Waals surface area contributed by atoms with Crippen molar-refractivity contribution in [3.63, 3.8) is 0 Å². The molecule has 0 amide bonds. The number of hydrogen-bond acceptors (Lipinski definition) is 2. The Balaban J connectivity index is 2.12. The molecule has 8 heteroatoms. The quantitative estimate of drug-likeness (QED) is 0.296. The molecule has 0 aromatic heterocycles. The van der Waals surface area contributed by atoms with E-state index in [0.717, 1.165) is 12.1 Å². The second kappa shape index (κ2) is 10.9. The first-order valence-electron chi connectivity index (χ1n) is 11.1. The zero-order chi connectivity index (χ0) is 25.8. The van der Waals surface area contributed by atoms with Crippen molar-refractivity contribution in [2.45, 2.75) is 45.7 Å². The van der Waals surface area contributed by atoms with Gasteiger partial charge in [-0.25, -0.2) is 8.78 Å². The summed E-state index contributed by atoms with van der Waals surface area (Å²) in [7, 11) is 0. The Hall–Kier alpha value is -3.42. The van der Waals surface area contributed by atoms with E-state index in [2.05, 4.69) is 5.32 Å². The number of carboxylic acids is 1. The highest BCUT2D eigenvalue weighted by molar-refractivity contribution is 5.80. The van der Waals surface area contributed by atoms with Gasteiger partial charge in [-0.3, -0.25) is 4.79 Å². The minimum atomic E-state index is -4.48. The Morgan fingerprint density at radius 3 is 2.14 bits per heavy atom. The average molecular weight is 492 g/mol. The number of anilines is 2. The van der Waals surface area contributed by atoms with Crippen LogP contribution in [0.15, 0.2) is 60.7 Å². The summed E-state index contributed by atoms with van der Waals surface area (Å²) in [6.45, 7) is 2.24. The van der Waals surface area contributed by atoms with Crippen molar-refractivity contribution >= 4 is 17.3 Å². The van der Waals surface area contributed by atoms with E-state index in [-0.39, 0.29) is 5.92 Å². The van der Waals surface area contributed by atoms with E-state index in [1.54, 1.807) is 18.2 Å². The molecule has 0 aliphatic heterocycles. The smallest absolute Gasteiger partial charge is 0.416 e. The molecule has 35 heavy (non-hydrogen) atoms. The third-order valence-corrected chi connectivity index (χ3v) is 5.66. The van der Waals surface area contributed by atoms with Gasteiger partial charge in [0.15, 0.2) is 0 Å². The maximum Gasteiger partial charge on any atom is 0.416 e. The molecule has 2 N–H and O–H groups in total. The fraction of sp³-hybridized carbons (Fsp3) is 0.296. The number of benzene rings is 3. The fourth-order valence-corrected chi connectivity index (χ4v) is 3.89. The molecule has 0 aliphatic carbocycles. The molecule has 3 aromatic carbocycles. The monoisotopic (exact) mass is 491 g/mol. The summed E-state index contributed by atoms with van der Waals surface area (Å²) in [6, 6.07) is 13.9. The van der Waals surface area contributed by atoms with Crippen LogP contribution in [0.25, 0.3) is 11.1 Å². The van der Waals surface area contributed by atoms with Crippen molar-refractivity contribution in [1.82, 2.24) is 0 Å². The van der Waals surface area contributed by atoms with Gasteiger partial charge in [0.2, 0.25) is 0 Å². The summed E-state index contributed by atoms with van der Waals surface area (Å²) in [5, 5.41) is 12.9. The Morgan fingerprint density at radius 2 is 1.60 bits per heavy atom. The van der Waals surface area contributed by atoms with Crippen LogP contribution in [-0.4, -0.2) is 11.1 Å². The molecule has 0 aliphatic rings. The van der Waals surface area contributed by atoms with Crippen LogP contribution < -0.4 is 5.32 Å². The summed E-state index contributed by atoms with van der Waals surface area (Å²) < 4.78 is 65.8. The predicted molar refractivity (Wildman–Crippen MR) is 126 cm³/mol. The Kier molecular flexibility index (Phi) is 8.14. The van der Waals surface area contributed by atoms with Crippen LogP contribution >= 0.6 is 0 Å². The molecule has 0 bridgehead atoms. The van der Waals surface area contributed by atoms with Gasteiger partial charge in [-0.1, -0.05) is 44.2 Å². The molecule has 3 nitrogen and oxygen atoms in total. The van der Waals surface area contributed by atoms with Crippen molar-refractivity contribution in [1.29, 1.82) is 0 Å². The number of nitrogens with one attached hydrogen (secondary N) is 1. The van der Waals surface area contributed by atoms with E-state index >= 15 is 0 Å². The third kappa shape index (κ3) is 6.59. The van der Waals surface area contributed by atoms with Crippen molar-refractivity contribution in [3.8, 4) is 11.1 Å². The predicted octanol–water partition coefficient (Wildman–Crippen LogP) is 8.27. The summed E-state index contributed by atoms with van der Waals surface area (Å²) in [5.74, 6) is -1.82. The maximum absolute atomic E-state index is 13.6. The van der Waals surface area contributed by atoms with Crippen molar-refractivity contribution in [3.05, 3.63) is 82.9 Å². The lowest BCUT2D eigenvalue weighted by Gasteiger charge is -2.19. The molecule has 0 radical (unpaired) electrons. The number of halogens is 5. The number of hydrogen-bond donors (Lipinski definition) is 2. The van der Waals surface area contributed by atoms with Gasteiger partial charge in [0.05, 0.1) is 11.5 Å². The molecule has 0 saturated carbocycles. The van der Waals surface area contributed by atoms with Gasteiger partial charge >= 0.3 is 12.1 Å². The van der Waals surface area contributed by atoms with Crippen molar-refractivity contribution in [2.75, 3.05) is 5.32 Å². The molecule has 1 unspecified atom stereocenters. The van der Waals surface area contributed by atoms with E-state index in [0.29, 0.717) is 45.6 Å². The zero-order valence-corrected chi connectivity index (χ0v) is 19.3. The Bertz CT molecular complexity index is 1170. The Labute approximate surface area is 200 Å². The van der Waals surface area contributed by atoms with E-state index in [9.17, 15) is 31.9 Å². The van der Waals surface area contributed by atoms with E-state index < -0.39 is 37.0 Å². The SMILES string of the molecule is CC(C)CC(C(=O)O)c1cc(Nc2cc(CF)ccc2CF)cc(-c2ccc(C(F)(F)F)cc2)c1. The van der Waals surface area contributed by atoms with Crippen LogP contribution in [0, 0.1) is 5.92 Å². The van der Waals surface area contributed by atoms with Gasteiger partial charge in [0.1, 0.15) is 13.3 Å². The standard InChI is InChI=1S/C27H26F5NO2/c1-16(2)9-24(26(34)35)21-11-20(18-5-7-22(8-6-18)27(30,31)32)12-23(13-21)33-25-10-17(14-28)3-4-19(25)15-29/h3-8,10-13,16,24,33H,9,14-15H2,1-2H3,(H,34,35). The summed E-state index contributed by atoms with van der Waals surface area (Å²) in [4.78, 5) is 12.1. The summed E-state index contributed by atoms with van der Waals surface area (Å²) >= 11 is 0. The molecule has 3 aromatic rings. The van der Waals surface area contributed by atoms with Crippen LogP contribution in [0.5, 0.6) is 0 Å². The highest BCUT2D eigenvalue weighted by Crippen LogP contribution is 2.35. The lowest BCUT2D eigenvalue weighted by Crippen LogP contribution is -2.14. The van der Waals surface area contributed by atoms with E-state index in [1.165, 1.54) is 30.3 Å². The second-order valence-electron chi connectivity index (χ2n) is 8.82. The number of carbonyl (C=O) groups is 1. The highest BCUT2D eigenvalue weighted by atomic mass is 19.4. The molecule has 3 rings (SSSR count). The van der Waals surface area contributed by atoms with Crippen LogP contribution in [0.3, 0.4) is 0 Å². The summed E-state index contributed by atoms with van der Waals surface area (Å²) in [6.07, 6.45) is -4.14. The van der Waals surface area contributed by atoms with Crippen LogP contribution in [0.2, 0.25) is 0 Å². The van der Waals surface area contributed by atoms with Gasteiger partial charge in [-0.05, 0) is 64.9 Å². The number of carboxylic acid groups (broad SMARTS) is 1. The first-order chi connectivity index (χ1) is 16.5.